The predicted octanol–water partition coefficient (Wildman–Crippen LogP) is 2.19. The Morgan fingerprint density at radius 1 is 1.04 bits per heavy atom. The first kappa shape index (κ1) is 17.2. The third-order valence-electron chi connectivity index (χ3n) is 5.23. The summed E-state index contributed by atoms with van der Waals surface area (Å²) in [5.74, 6) is 0.647. The molecule has 4 heteroatoms. The Hall–Kier alpha value is -1.65. The number of carbonyl (C=O) groups is 1. The lowest BCUT2D eigenvalue weighted by Crippen LogP contribution is -2.51. The SMILES string of the molecule is CN1CCC(C(=O)N2CCN(C/C=C/c3ccccc3)CC2)CC1. The molecule has 24 heavy (non-hydrogen) atoms. The van der Waals surface area contributed by atoms with Crippen LogP contribution in [0.25, 0.3) is 6.08 Å². The smallest absolute Gasteiger partial charge is 0.225 e. The monoisotopic (exact) mass is 327 g/mol. The molecule has 2 fully saturated rings. The minimum absolute atomic E-state index is 0.255. The van der Waals surface area contributed by atoms with E-state index in [1.807, 2.05) is 6.07 Å². The van der Waals surface area contributed by atoms with E-state index in [-0.39, 0.29) is 5.92 Å². The van der Waals surface area contributed by atoms with Gasteiger partial charge in [0, 0.05) is 38.6 Å². The van der Waals surface area contributed by atoms with E-state index in [0.717, 1.165) is 58.7 Å². The lowest BCUT2D eigenvalue weighted by molar-refractivity contribution is -0.138. The van der Waals surface area contributed by atoms with Crippen molar-refractivity contribution < 1.29 is 4.79 Å². The highest BCUT2D eigenvalue weighted by atomic mass is 16.2. The summed E-state index contributed by atoms with van der Waals surface area (Å²) in [4.78, 5) is 19.5. The van der Waals surface area contributed by atoms with Crippen molar-refractivity contribution in [2.45, 2.75) is 12.8 Å². The van der Waals surface area contributed by atoms with Crippen LogP contribution >= 0.6 is 0 Å². The van der Waals surface area contributed by atoms with Crippen LogP contribution in [0.4, 0.5) is 0 Å². The van der Waals surface area contributed by atoms with Crippen molar-refractivity contribution in [3.8, 4) is 0 Å². The van der Waals surface area contributed by atoms with Crippen molar-refractivity contribution in [2.75, 3.05) is 52.9 Å². The number of hydrogen-bond donors (Lipinski definition) is 0. The second-order valence-corrected chi connectivity index (χ2v) is 7.02. The lowest BCUT2D eigenvalue weighted by Gasteiger charge is -2.37. The van der Waals surface area contributed by atoms with E-state index < -0.39 is 0 Å². The van der Waals surface area contributed by atoms with Crippen LogP contribution in [0.5, 0.6) is 0 Å². The number of carbonyl (C=O) groups excluding carboxylic acids is 1. The standard InChI is InChI=1S/C20H29N3O/c1-21-12-9-19(10-13-21)20(24)23-16-14-22(15-17-23)11-5-8-18-6-3-2-4-7-18/h2-8,19H,9-17H2,1H3/b8-5+. The lowest BCUT2D eigenvalue weighted by atomic mass is 9.95. The largest absolute Gasteiger partial charge is 0.340 e. The van der Waals surface area contributed by atoms with Gasteiger partial charge in [-0.25, -0.2) is 0 Å². The van der Waals surface area contributed by atoms with Gasteiger partial charge in [0.2, 0.25) is 5.91 Å². The summed E-state index contributed by atoms with van der Waals surface area (Å²) in [6, 6.07) is 10.4. The Balaban J connectivity index is 1.41. The van der Waals surface area contributed by atoms with Gasteiger partial charge in [0.05, 0.1) is 0 Å². The van der Waals surface area contributed by atoms with Crippen molar-refractivity contribution in [2.24, 2.45) is 5.92 Å². The molecule has 3 rings (SSSR count). The van der Waals surface area contributed by atoms with Gasteiger partial charge >= 0.3 is 0 Å². The average molecular weight is 327 g/mol. The number of likely N-dealkylation sites (tertiary alicyclic amines) is 1. The van der Waals surface area contributed by atoms with Gasteiger partial charge in [0.1, 0.15) is 0 Å². The second-order valence-electron chi connectivity index (χ2n) is 7.02. The first-order valence-electron chi connectivity index (χ1n) is 9.13. The fraction of sp³-hybridized carbons (Fsp3) is 0.550. The molecule has 0 radical (unpaired) electrons. The molecule has 0 N–H and O–H groups in total. The molecule has 0 unspecified atom stereocenters. The van der Waals surface area contributed by atoms with Gasteiger partial charge in [-0.05, 0) is 38.5 Å². The Morgan fingerprint density at radius 3 is 2.38 bits per heavy atom. The Labute approximate surface area is 145 Å². The van der Waals surface area contributed by atoms with E-state index in [4.69, 9.17) is 0 Å². The van der Waals surface area contributed by atoms with Crippen LogP contribution in [0.1, 0.15) is 18.4 Å². The molecule has 2 aliphatic rings. The second kappa shape index (κ2) is 8.45. The maximum atomic E-state index is 12.6. The molecule has 0 spiro atoms. The predicted molar refractivity (Wildman–Crippen MR) is 98.7 cm³/mol. The van der Waals surface area contributed by atoms with E-state index >= 15 is 0 Å². The van der Waals surface area contributed by atoms with Crippen LogP contribution in [0.15, 0.2) is 36.4 Å². The molecule has 4 nitrogen and oxygen atoms in total. The summed E-state index contributed by atoms with van der Waals surface area (Å²) < 4.78 is 0. The molecular formula is C20H29N3O. The van der Waals surface area contributed by atoms with Gasteiger partial charge in [-0.15, -0.1) is 0 Å². The zero-order chi connectivity index (χ0) is 16.8. The Bertz CT molecular complexity index is 541. The number of piperidine rings is 1. The van der Waals surface area contributed by atoms with Crippen molar-refractivity contribution in [3.63, 3.8) is 0 Å². The van der Waals surface area contributed by atoms with Gasteiger partial charge < -0.3 is 9.80 Å². The first-order chi connectivity index (χ1) is 11.7. The summed E-state index contributed by atoms with van der Waals surface area (Å²) in [5.41, 5.74) is 1.24. The van der Waals surface area contributed by atoms with Crippen LogP contribution < -0.4 is 0 Å². The van der Waals surface area contributed by atoms with Crippen LogP contribution in [0, 0.1) is 5.92 Å². The minimum Gasteiger partial charge on any atom is -0.340 e. The molecule has 1 aromatic carbocycles. The van der Waals surface area contributed by atoms with Crippen molar-refractivity contribution in [1.29, 1.82) is 0 Å². The number of amides is 1. The van der Waals surface area contributed by atoms with Crippen LogP contribution in [0.3, 0.4) is 0 Å². The highest BCUT2D eigenvalue weighted by Gasteiger charge is 2.29. The molecule has 0 aromatic heterocycles. The van der Waals surface area contributed by atoms with Crippen LogP contribution in [-0.4, -0.2) is 73.5 Å². The summed E-state index contributed by atoms with van der Waals surface area (Å²) in [5, 5.41) is 0. The number of nitrogens with zero attached hydrogens (tertiary/aromatic N) is 3. The van der Waals surface area contributed by atoms with Gasteiger partial charge in [0.25, 0.3) is 0 Å². The Kier molecular flexibility index (Phi) is 6.05. The van der Waals surface area contributed by atoms with E-state index in [2.05, 4.69) is 58.2 Å². The average Bonchev–Trinajstić information content (AvgIpc) is 2.63. The number of benzene rings is 1. The maximum Gasteiger partial charge on any atom is 0.225 e. The third kappa shape index (κ3) is 4.68. The van der Waals surface area contributed by atoms with E-state index in [1.54, 1.807) is 0 Å². The summed E-state index contributed by atoms with van der Waals surface area (Å²) in [7, 11) is 2.14. The van der Waals surface area contributed by atoms with Gasteiger partial charge in [0.15, 0.2) is 0 Å². The van der Waals surface area contributed by atoms with Gasteiger partial charge in [-0.1, -0.05) is 42.5 Å². The number of piperazine rings is 1. The fourth-order valence-electron chi connectivity index (χ4n) is 3.57. The van der Waals surface area contributed by atoms with Gasteiger partial charge in [-0.3, -0.25) is 9.69 Å². The molecule has 1 amide bonds. The molecule has 2 saturated heterocycles. The zero-order valence-corrected chi connectivity index (χ0v) is 14.7. The topological polar surface area (TPSA) is 26.8 Å². The van der Waals surface area contributed by atoms with Gasteiger partial charge in [-0.2, -0.15) is 0 Å². The molecule has 0 atom stereocenters. The molecule has 1 aromatic rings. The van der Waals surface area contributed by atoms with E-state index in [1.165, 1.54) is 5.56 Å². The third-order valence-corrected chi connectivity index (χ3v) is 5.23. The van der Waals surface area contributed by atoms with Crippen molar-refractivity contribution >= 4 is 12.0 Å². The van der Waals surface area contributed by atoms with E-state index in [0.29, 0.717) is 5.91 Å². The number of hydrogen-bond acceptors (Lipinski definition) is 3. The molecular weight excluding hydrogens is 298 g/mol. The first-order valence-corrected chi connectivity index (χ1v) is 9.13. The zero-order valence-electron chi connectivity index (χ0n) is 14.7. The molecule has 2 aliphatic heterocycles. The molecule has 0 bridgehead atoms. The van der Waals surface area contributed by atoms with E-state index in [9.17, 15) is 4.79 Å². The maximum absolute atomic E-state index is 12.6. The highest BCUT2D eigenvalue weighted by Crippen LogP contribution is 2.19. The Morgan fingerprint density at radius 2 is 1.71 bits per heavy atom. The molecule has 0 saturated carbocycles. The summed E-state index contributed by atoms with van der Waals surface area (Å²) in [6.07, 6.45) is 6.45. The highest BCUT2D eigenvalue weighted by molar-refractivity contribution is 5.79. The summed E-state index contributed by atoms with van der Waals surface area (Å²) in [6.45, 7) is 6.80. The van der Waals surface area contributed by atoms with Crippen LogP contribution in [0.2, 0.25) is 0 Å². The van der Waals surface area contributed by atoms with Crippen LogP contribution in [-0.2, 0) is 4.79 Å². The summed E-state index contributed by atoms with van der Waals surface area (Å²) >= 11 is 0. The van der Waals surface area contributed by atoms with Crippen molar-refractivity contribution in [3.05, 3.63) is 42.0 Å². The minimum atomic E-state index is 0.255. The molecule has 0 aliphatic carbocycles. The molecule has 2 heterocycles. The fourth-order valence-corrected chi connectivity index (χ4v) is 3.57. The normalized spacial score (nSPS) is 21.5. The molecule has 130 valence electrons. The quantitative estimate of drug-likeness (QED) is 0.848. The van der Waals surface area contributed by atoms with Crippen molar-refractivity contribution in [1.82, 2.24) is 14.7 Å². The number of rotatable bonds is 4.